The van der Waals surface area contributed by atoms with Crippen molar-refractivity contribution in [2.24, 2.45) is 5.73 Å². The largest absolute Gasteiger partial charge is 0.326 e. The summed E-state index contributed by atoms with van der Waals surface area (Å²) in [5.41, 5.74) is 5.86. The van der Waals surface area contributed by atoms with Crippen LogP contribution in [0.5, 0.6) is 0 Å². The Kier molecular flexibility index (Phi) is 3.56. The van der Waals surface area contributed by atoms with Gasteiger partial charge in [-0.3, -0.25) is 4.90 Å². The minimum absolute atomic E-state index is 0.114. The molecule has 0 aromatic heterocycles. The third-order valence-corrected chi connectivity index (χ3v) is 3.44. The van der Waals surface area contributed by atoms with E-state index in [1.54, 1.807) is 0 Å². The van der Waals surface area contributed by atoms with E-state index in [4.69, 9.17) is 5.73 Å². The van der Waals surface area contributed by atoms with Crippen molar-refractivity contribution in [1.29, 1.82) is 0 Å². The van der Waals surface area contributed by atoms with Crippen molar-refractivity contribution in [3.05, 3.63) is 33.8 Å². The van der Waals surface area contributed by atoms with Gasteiger partial charge in [0.2, 0.25) is 0 Å². The molecular weight excluding hydrogens is 278 g/mol. The van der Waals surface area contributed by atoms with E-state index in [2.05, 4.69) is 15.9 Å². The highest BCUT2D eigenvalue weighted by Crippen LogP contribution is 2.23. The fourth-order valence-electron chi connectivity index (χ4n) is 1.94. The molecule has 16 heavy (non-hydrogen) atoms. The number of hydrogen-bond donors (Lipinski definition) is 1. The zero-order valence-corrected chi connectivity index (χ0v) is 10.3. The predicted octanol–water partition coefficient (Wildman–Crippen LogP) is 2.26. The molecule has 2 nitrogen and oxygen atoms in total. The summed E-state index contributed by atoms with van der Waals surface area (Å²) in [6.07, 6.45) is 0.886. The topological polar surface area (TPSA) is 29.3 Å². The lowest BCUT2D eigenvalue weighted by Gasteiger charge is -2.16. The van der Waals surface area contributed by atoms with Gasteiger partial charge >= 0.3 is 0 Å². The monoisotopic (exact) mass is 290 g/mol. The van der Waals surface area contributed by atoms with Crippen LogP contribution in [0.2, 0.25) is 0 Å². The van der Waals surface area contributed by atoms with Gasteiger partial charge in [0.05, 0.1) is 4.47 Å². The van der Waals surface area contributed by atoms with Gasteiger partial charge in [0.1, 0.15) is 11.6 Å². The average Bonchev–Trinajstić information content (AvgIpc) is 2.65. The van der Waals surface area contributed by atoms with Gasteiger partial charge in [0, 0.05) is 31.2 Å². The molecule has 0 aliphatic carbocycles. The molecule has 1 heterocycles. The van der Waals surface area contributed by atoms with Crippen LogP contribution in [-0.2, 0) is 6.54 Å². The van der Waals surface area contributed by atoms with Crippen molar-refractivity contribution in [3.8, 4) is 0 Å². The number of benzene rings is 1. The molecule has 0 bridgehead atoms. The van der Waals surface area contributed by atoms with Crippen LogP contribution >= 0.6 is 15.9 Å². The van der Waals surface area contributed by atoms with Gasteiger partial charge < -0.3 is 5.73 Å². The van der Waals surface area contributed by atoms with Crippen LogP contribution in [0, 0.1) is 11.6 Å². The normalized spacial score (nSPS) is 21.6. The first-order valence-electron chi connectivity index (χ1n) is 5.18. The zero-order valence-electron chi connectivity index (χ0n) is 8.72. The lowest BCUT2D eigenvalue weighted by Crippen LogP contribution is -2.27. The van der Waals surface area contributed by atoms with Gasteiger partial charge in [-0.05, 0) is 34.5 Å². The third-order valence-electron chi connectivity index (χ3n) is 2.83. The fourth-order valence-corrected chi connectivity index (χ4v) is 2.32. The van der Waals surface area contributed by atoms with Crippen molar-refractivity contribution >= 4 is 15.9 Å². The summed E-state index contributed by atoms with van der Waals surface area (Å²) in [4.78, 5) is 1.97. The van der Waals surface area contributed by atoms with Crippen molar-refractivity contribution in [3.63, 3.8) is 0 Å². The van der Waals surface area contributed by atoms with E-state index >= 15 is 0 Å². The Morgan fingerprint density at radius 3 is 2.81 bits per heavy atom. The Labute approximate surface area is 102 Å². The lowest BCUT2D eigenvalue weighted by molar-refractivity contribution is 0.314. The maximum atomic E-state index is 13.7. The smallest absolute Gasteiger partial charge is 0.144 e. The Balaban J connectivity index is 2.18. The number of hydrogen-bond acceptors (Lipinski definition) is 2. The minimum Gasteiger partial charge on any atom is -0.326 e. The summed E-state index contributed by atoms with van der Waals surface area (Å²) < 4.78 is 27.4. The van der Waals surface area contributed by atoms with Crippen LogP contribution in [-0.4, -0.2) is 24.0 Å². The number of nitrogens with zero attached hydrogens (tertiary/aromatic N) is 1. The highest BCUT2D eigenvalue weighted by molar-refractivity contribution is 9.10. The average molecular weight is 291 g/mol. The number of nitrogens with two attached hydrogens (primary N) is 1. The predicted molar refractivity (Wildman–Crippen MR) is 61.9 cm³/mol. The summed E-state index contributed by atoms with van der Waals surface area (Å²) in [7, 11) is 0. The molecule has 1 aromatic rings. The Bertz CT molecular complexity index is 398. The minimum atomic E-state index is -0.513. The van der Waals surface area contributed by atoms with Crippen LogP contribution in [0.4, 0.5) is 8.78 Å². The SMILES string of the molecule is NC1CCN(Cc2c(F)ccc(Br)c2F)C1. The maximum absolute atomic E-state index is 13.7. The molecule has 1 fully saturated rings. The van der Waals surface area contributed by atoms with E-state index in [-0.39, 0.29) is 18.2 Å². The summed E-state index contributed by atoms with van der Waals surface area (Å²) in [6, 6.07) is 2.78. The zero-order chi connectivity index (χ0) is 11.7. The molecule has 1 unspecified atom stereocenters. The van der Waals surface area contributed by atoms with Crippen molar-refractivity contribution in [2.75, 3.05) is 13.1 Å². The van der Waals surface area contributed by atoms with Gasteiger partial charge in [-0.25, -0.2) is 8.78 Å². The van der Waals surface area contributed by atoms with E-state index < -0.39 is 11.6 Å². The maximum Gasteiger partial charge on any atom is 0.144 e. The van der Waals surface area contributed by atoms with Crippen LogP contribution in [0.3, 0.4) is 0 Å². The van der Waals surface area contributed by atoms with Gasteiger partial charge in [0.25, 0.3) is 0 Å². The van der Waals surface area contributed by atoms with E-state index in [1.807, 2.05) is 4.90 Å². The Morgan fingerprint density at radius 2 is 2.19 bits per heavy atom. The van der Waals surface area contributed by atoms with Gasteiger partial charge in [-0.15, -0.1) is 0 Å². The molecule has 0 radical (unpaired) electrons. The molecule has 0 spiro atoms. The standard InChI is InChI=1S/C11H13BrF2N2/c12-9-1-2-10(13)8(11(9)14)6-16-4-3-7(15)5-16/h1-2,7H,3-6,15H2. The molecule has 5 heteroatoms. The van der Waals surface area contributed by atoms with Crippen molar-refractivity contribution < 1.29 is 8.78 Å². The van der Waals surface area contributed by atoms with Crippen molar-refractivity contribution in [1.82, 2.24) is 4.90 Å². The van der Waals surface area contributed by atoms with E-state index in [0.717, 1.165) is 13.0 Å². The molecule has 88 valence electrons. The van der Waals surface area contributed by atoms with Crippen LogP contribution in [0.15, 0.2) is 16.6 Å². The second kappa shape index (κ2) is 4.77. The second-order valence-electron chi connectivity index (χ2n) is 4.11. The van der Waals surface area contributed by atoms with Crippen LogP contribution in [0.25, 0.3) is 0 Å². The van der Waals surface area contributed by atoms with Crippen molar-refractivity contribution in [2.45, 2.75) is 19.0 Å². The first kappa shape index (κ1) is 12.0. The summed E-state index contributed by atoms with van der Waals surface area (Å²) in [5.74, 6) is -1.01. The van der Waals surface area contributed by atoms with Crippen LogP contribution < -0.4 is 5.73 Å². The molecular formula is C11H13BrF2N2. The lowest BCUT2D eigenvalue weighted by atomic mass is 10.2. The number of halogens is 3. The number of likely N-dealkylation sites (tertiary alicyclic amines) is 1. The summed E-state index contributed by atoms with van der Waals surface area (Å²) >= 11 is 3.06. The number of rotatable bonds is 2. The fraction of sp³-hybridized carbons (Fsp3) is 0.455. The highest BCUT2D eigenvalue weighted by atomic mass is 79.9. The Morgan fingerprint density at radius 1 is 1.44 bits per heavy atom. The molecule has 1 aromatic carbocycles. The molecule has 2 N–H and O–H groups in total. The summed E-state index contributed by atoms with van der Waals surface area (Å²) in [6.45, 7) is 1.78. The molecule has 2 rings (SSSR count). The Hall–Kier alpha value is -0.520. The van der Waals surface area contributed by atoms with Gasteiger partial charge in [0.15, 0.2) is 0 Å². The van der Waals surface area contributed by atoms with E-state index in [1.165, 1.54) is 12.1 Å². The first-order valence-corrected chi connectivity index (χ1v) is 5.97. The van der Waals surface area contributed by atoms with E-state index in [9.17, 15) is 8.78 Å². The molecule has 1 aliphatic rings. The highest BCUT2D eigenvalue weighted by Gasteiger charge is 2.22. The molecule has 1 saturated heterocycles. The molecule has 0 saturated carbocycles. The molecule has 1 aliphatic heterocycles. The molecule has 1 atom stereocenters. The van der Waals surface area contributed by atoms with Gasteiger partial charge in [-0.1, -0.05) is 0 Å². The van der Waals surface area contributed by atoms with Gasteiger partial charge in [-0.2, -0.15) is 0 Å². The van der Waals surface area contributed by atoms with E-state index in [0.29, 0.717) is 11.0 Å². The second-order valence-corrected chi connectivity index (χ2v) is 4.96. The molecule has 0 amide bonds. The van der Waals surface area contributed by atoms with Crippen LogP contribution in [0.1, 0.15) is 12.0 Å². The summed E-state index contributed by atoms with van der Waals surface area (Å²) in [5, 5.41) is 0. The quantitative estimate of drug-likeness (QED) is 0.847. The first-order chi connectivity index (χ1) is 7.58. The third kappa shape index (κ3) is 2.42.